The lowest BCUT2D eigenvalue weighted by atomic mass is 9.49. The van der Waals surface area contributed by atoms with Crippen molar-refractivity contribution in [3.8, 4) is 0 Å². The summed E-state index contributed by atoms with van der Waals surface area (Å²) in [4.78, 5) is 12.7. The Hall–Kier alpha value is -0.610. The Morgan fingerprint density at radius 1 is 1.15 bits per heavy atom. The molecule has 112 valence electrons. The monoisotopic (exact) mass is 279 g/mol. The molecule has 2 N–H and O–H groups in total. The van der Waals surface area contributed by atoms with E-state index in [4.69, 9.17) is 4.74 Å². The first-order valence-corrected chi connectivity index (χ1v) is 8.15. The number of nitrogens with one attached hydrogen (secondary N) is 1. The molecule has 0 radical (unpaired) electrons. The van der Waals surface area contributed by atoms with Crippen LogP contribution >= 0.6 is 0 Å². The zero-order valence-electron chi connectivity index (χ0n) is 12.1. The maximum Gasteiger partial charge on any atom is 0.226 e. The molecule has 1 saturated heterocycles. The third kappa shape index (κ3) is 2.08. The molecule has 1 heterocycles. The van der Waals surface area contributed by atoms with Gasteiger partial charge in [-0.2, -0.15) is 0 Å². The fourth-order valence-corrected chi connectivity index (χ4v) is 5.56. The molecule has 1 unspecified atom stereocenters. The van der Waals surface area contributed by atoms with Crippen LogP contribution in [0.15, 0.2) is 0 Å². The van der Waals surface area contributed by atoms with Crippen LogP contribution in [-0.2, 0) is 9.53 Å². The summed E-state index contributed by atoms with van der Waals surface area (Å²) in [6.07, 6.45) is 7.94. The molecule has 1 amide bonds. The van der Waals surface area contributed by atoms with E-state index >= 15 is 0 Å². The average molecular weight is 279 g/mol. The zero-order chi connectivity index (χ0) is 13.8. The minimum absolute atomic E-state index is 0.107. The number of carbonyl (C=O) groups is 1. The summed E-state index contributed by atoms with van der Waals surface area (Å²) in [7, 11) is 0. The molecule has 0 aromatic carbocycles. The molecule has 4 heteroatoms. The molecular formula is C16H25NO3. The van der Waals surface area contributed by atoms with Gasteiger partial charge in [-0.05, 0) is 56.3 Å². The Bertz CT molecular complexity index is 379. The molecule has 4 saturated carbocycles. The molecule has 1 atom stereocenters. The van der Waals surface area contributed by atoms with Crippen LogP contribution in [0.25, 0.3) is 0 Å². The van der Waals surface area contributed by atoms with Gasteiger partial charge in [0.25, 0.3) is 0 Å². The topological polar surface area (TPSA) is 58.6 Å². The molecule has 4 nitrogen and oxygen atoms in total. The van der Waals surface area contributed by atoms with Crippen LogP contribution in [0, 0.1) is 23.2 Å². The van der Waals surface area contributed by atoms with E-state index in [2.05, 4.69) is 5.32 Å². The molecule has 5 fully saturated rings. The second-order valence-corrected chi connectivity index (χ2v) is 7.91. The van der Waals surface area contributed by atoms with Crippen molar-refractivity contribution >= 4 is 5.91 Å². The Kier molecular flexibility index (Phi) is 2.90. The number of rotatable bonds is 3. The van der Waals surface area contributed by atoms with Crippen LogP contribution in [0.5, 0.6) is 0 Å². The summed E-state index contributed by atoms with van der Waals surface area (Å²) in [6.45, 7) is 1.31. The molecule has 5 rings (SSSR count). The summed E-state index contributed by atoms with van der Waals surface area (Å²) >= 11 is 0. The molecule has 0 aromatic heterocycles. The smallest absolute Gasteiger partial charge is 0.226 e. The highest BCUT2D eigenvalue weighted by Gasteiger charge is 2.54. The van der Waals surface area contributed by atoms with Crippen LogP contribution in [0.3, 0.4) is 0 Å². The minimum atomic E-state index is -0.835. The highest BCUT2D eigenvalue weighted by molar-refractivity contribution is 5.83. The molecule has 4 bridgehead atoms. The van der Waals surface area contributed by atoms with Gasteiger partial charge in [0.05, 0.1) is 6.61 Å². The Morgan fingerprint density at radius 2 is 1.75 bits per heavy atom. The van der Waals surface area contributed by atoms with Crippen LogP contribution < -0.4 is 5.32 Å². The van der Waals surface area contributed by atoms with Gasteiger partial charge in [-0.1, -0.05) is 0 Å². The number of aliphatic hydroxyl groups is 1. The van der Waals surface area contributed by atoms with E-state index in [1.807, 2.05) is 0 Å². The van der Waals surface area contributed by atoms with Crippen molar-refractivity contribution in [3.05, 3.63) is 0 Å². The third-order valence-electron chi connectivity index (χ3n) is 6.18. The van der Waals surface area contributed by atoms with Crippen molar-refractivity contribution in [1.29, 1.82) is 0 Å². The van der Waals surface area contributed by atoms with Crippen molar-refractivity contribution < 1.29 is 14.6 Å². The van der Waals surface area contributed by atoms with Gasteiger partial charge in [-0.25, -0.2) is 0 Å². The van der Waals surface area contributed by atoms with Crippen molar-refractivity contribution in [3.63, 3.8) is 0 Å². The quantitative estimate of drug-likeness (QED) is 0.822. The molecule has 0 spiro atoms. The summed E-state index contributed by atoms with van der Waals surface area (Å²) in [5.41, 5.74) is -0.942. The number of hydrogen-bond donors (Lipinski definition) is 2. The van der Waals surface area contributed by atoms with E-state index in [1.54, 1.807) is 0 Å². The number of hydrogen-bond acceptors (Lipinski definition) is 3. The molecule has 0 aromatic rings. The third-order valence-corrected chi connectivity index (χ3v) is 6.18. The number of carbonyl (C=O) groups excluding carboxylic acids is 1. The van der Waals surface area contributed by atoms with Gasteiger partial charge in [0.1, 0.15) is 5.60 Å². The predicted octanol–water partition coefficient (Wildman–Crippen LogP) is 1.47. The summed E-state index contributed by atoms with van der Waals surface area (Å²) < 4.78 is 5.24. The fraction of sp³-hybridized carbons (Fsp3) is 0.938. The second-order valence-electron chi connectivity index (χ2n) is 7.91. The van der Waals surface area contributed by atoms with Crippen LogP contribution in [0.2, 0.25) is 0 Å². The predicted molar refractivity (Wildman–Crippen MR) is 74.0 cm³/mol. The second kappa shape index (κ2) is 4.44. The van der Waals surface area contributed by atoms with Gasteiger partial charge >= 0.3 is 0 Å². The van der Waals surface area contributed by atoms with Crippen LogP contribution in [0.1, 0.15) is 44.9 Å². The highest BCUT2D eigenvalue weighted by atomic mass is 16.5. The van der Waals surface area contributed by atoms with Crippen LogP contribution in [-0.4, -0.2) is 36.4 Å². The average Bonchev–Trinajstić information content (AvgIpc) is 2.82. The standard InChI is InChI=1S/C16H25NO3/c18-14(17-9-16(19)1-2-20-10-16)15-6-11-3-12(7-15)5-13(4-11)8-15/h11-13,19H,1-10H2,(H,17,18). The summed E-state index contributed by atoms with van der Waals surface area (Å²) in [5.74, 6) is 2.55. The molecular weight excluding hydrogens is 254 g/mol. The van der Waals surface area contributed by atoms with Gasteiger partial charge < -0.3 is 15.2 Å². The number of amides is 1. The van der Waals surface area contributed by atoms with E-state index in [-0.39, 0.29) is 11.3 Å². The highest BCUT2D eigenvalue weighted by Crippen LogP contribution is 2.60. The SMILES string of the molecule is O=C(NCC1(O)CCOC1)C12CC3CC(CC(C3)C1)C2. The lowest BCUT2D eigenvalue weighted by Crippen LogP contribution is -2.55. The number of ether oxygens (including phenoxy) is 1. The molecule has 1 aliphatic heterocycles. The lowest BCUT2D eigenvalue weighted by Gasteiger charge is -2.55. The van der Waals surface area contributed by atoms with E-state index in [9.17, 15) is 9.90 Å². The fourth-order valence-electron chi connectivity index (χ4n) is 5.56. The summed E-state index contributed by atoms with van der Waals surface area (Å²) in [6, 6.07) is 0. The van der Waals surface area contributed by atoms with Gasteiger partial charge in [0.15, 0.2) is 0 Å². The van der Waals surface area contributed by atoms with E-state index < -0.39 is 5.60 Å². The molecule has 5 aliphatic rings. The Morgan fingerprint density at radius 3 is 2.25 bits per heavy atom. The van der Waals surface area contributed by atoms with Crippen LogP contribution in [0.4, 0.5) is 0 Å². The normalized spacial score (nSPS) is 49.5. The van der Waals surface area contributed by atoms with Gasteiger partial charge in [-0.3, -0.25) is 4.79 Å². The van der Waals surface area contributed by atoms with Gasteiger partial charge in [0, 0.05) is 25.0 Å². The zero-order valence-corrected chi connectivity index (χ0v) is 12.1. The first-order chi connectivity index (χ1) is 9.57. The van der Waals surface area contributed by atoms with Gasteiger partial charge in [0.2, 0.25) is 5.91 Å². The van der Waals surface area contributed by atoms with Crippen molar-refractivity contribution in [2.24, 2.45) is 23.2 Å². The maximum absolute atomic E-state index is 12.7. The largest absolute Gasteiger partial charge is 0.386 e. The molecule has 4 aliphatic carbocycles. The Balaban J connectivity index is 1.43. The first-order valence-electron chi connectivity index (χ1n) is 8.15. The Labute approximate surface area is 120 Å². The first kappa shape index (κ1) is 13.1. The molecule has 20 heavy (non-hydrogen) atoms. The van der Waals surface area contributed by atoms with Gasteiger partial charge in [-0.15, -0.1) is 0 Å². The minimum Gasteiger partial charge on any atom is -0.386 e. The maximum atomic E-state index is 12.7. The van der Waals surface area contributed by atoms with E-state index in [0.29, 0.717) is 26.2 Å². The van der Waals surface area contributed by atoms with E-state index in [1.165, 1.54) is 19.3 Å². The lowest BCUT2D eigenvalue weighted by molar-refractivity contribution is -0.147. The van der Waals surface area contributed by atoms with E-state index in [0.717, 1.165) is 37.0 Å². The van der Waals surface area contributed by atoms with Crippen molar-refractivity contribution in [1.82, 2.24) is 5.32 Å². The summed E-state index contributed by atoms with van der Waals surface area (Å²) in [5, 5.41) is 13.3. The van der Waals surface area contributed by atoms with Crippen molar-refractivity contribution in [2.45, 2.75) is 50.5 Å². The van der Waals surface area contributed by atoms with Crippen molar-refractivity contribution in [2.75, 3.05) is 19.8 Å².